The van der Waals surface area contributed by atoms with Crippen LogP contribution in [0.3, 0.4) is 0 Å². The molecule has 0 unspecified atom stereocenters. The molecule has 21 fully saturated rings. The molecular formula is C45H78NO34+. The molecule has 0 radical (unpaired) electrons. The second-order valence-corrected chi connectivity index (χ2v) is 21.9. The van der Waals surface area contributed by atoms with Gasteiger partial charge in [0, 0.05) is 0 Å². The zero-order valence-corrected chi connectivity index (χ0v) is 43.3. The average molecular weight is 1180 g/mol. The molecule has 21 heterocycles. The summed E-state index contributed by atoms with van der Waals surface area (Å²) >= 11 is 0. The third kappa shape index (κ3) is 13.0. The summed E-state index contributed by atoms with van der Waals surface area (Å²) in [6.07, 6.45) is -68.6. The Hall–Kier alpha value is -1.40. The van der Waals surface area contributed by atoms with Crippen molar-refractivity contribution in [2.45, 2.75) is 215 Å². The Morgan fingerprint density at radius 1 is 0.212 bits per heavy atom. The van der Waals surface area contributed by atoms with Crippen LogP contribution in [0.1, 0.15) is 0 Å². The highest BCUT2D eigenvalue weighted by Crippen LogP contribution is 2.39. The van der Waals surface area contributed by atoms with Gasteiger partial charge in [-0.25, -0.2) is 0 Å². The van der Waals surface area contributed by atoms with Crippen molar-refractivity contribution in [3.8, 4) is 0 Å². The maximum atomic E-state index is 11.7. The predicted molar refractivity (Wildman–Crippen MR) is 244 cm³/mol. The van der Waals surface area contributed by atoms with Crippen molar-refractivity contribution in [1.82, 2.24) is 0 Å². The number of likely N-dealkylation sites (N-methyl/N-ethyl adjacent to an activating group) is 1. The number of rotatable bonds is 8. The number of hydrogen-bond acceptors (Lipinski definition) is 34. The molecule has 0 aliphatic carbocycles. The van der Waals surface area contributed by atoms with Gasteiger partial charge in [0.1, 0.15) is 177 Å². The Morgan fingerprint density at radius 2 is 0.350 bits per heavy atom. The second-order valence-electron chi connectivity index (χ2n) is 21.9. The highest BCUT2D eigenvalue weighted by atomic mass is 16.8. The predicted octanol–water partition coefficient (Wildman–Crippen LogP) is -14.5. The average Bonchev–Trinajstić information content (AvgIpc) is 3.42. The number of aliphatic hydroxyl groups is 20. The van der Waals surface area contributed by atoms with Crippen LogP contribution in [0.2, 0.25) is 0 Å². The van der Waals surface area contributed by atoms with Crippen LogP contribution in [0.4, 0.5) is 0 Å². The number of aliphatic hydroxyl groups excluding tert-OH is 20. The summed E-state index contributed by atoms with van der Waals surface area (Å²) in [4.78, 5) is 0. The number of quaternary nitrogens is 1. The van der Waals surface area contributed by atoms with Gasteiger partial charge < -0.3 is 173 Å². The van der Waals surface area contributed by atoms with E-state index in [4.69, 9.17) is 66.3 Å². The van der Waals surface area contributed by atoms with Gasteiger partial charge in [0.15, 0.2) is 44.0 Å². The standard InChI is InChI=1S/C45H78NO34/c1-46(2,3)4-11-32-18(53)25(60)39(67-11)75-33-12(5-47)69-41(27(62)20(33)55)77-35-14(7-49)71-43(29(64)22(35)57)79-37-16(9-51)73-45(31(66)24(37)59)80-38-17(10-52)72-44(30(65)23(38)58)78-36-15(8-50)70-42(28(63)21(36)56)76-34-13(6-48)68-40(74-32)26(61)19(34)54/h11-45,47-66H,4-10H2,1-3H3/q+1/t11-,12-,13-,14-,15-,16-,17-,18-,19-,20-,21-,22-,23-,24-,25-,26-,27-,28-,29-,30-,31-,32-,33-,34-,35-,36-,37-,38-,39-,40-,41-,42-,43-,44-,45-/m1/s1. The first-order valence-electron chi connectivity index (χ1n) is 26.0. The topological polar surface area (TPSA) is 534 Å². The lowest BCUT2D eigenvalue weighted by atomic mass is 9.95. The van der Waals surface area contributed by atoms with Crippen LogP contribution in [0.5, 0.6) is 0 Å². The Balaban J connectivity index is 1.10. The molecule has 0 aromatic rings. The van der Waals surface area contributed by atoms with E-state index in [9.17, 15) is 102 Å². The third-order valence-electron chi connectivity index (χ3n) is 15.3. The van der Waals surface area contributed by atoms with E-state index >= 15 is 0 Å². The SMILES string of the molecule is C[N+](C)(C)C[C@H]1O[C@@H]2O[C@H]3[C@H](O)[C@@H](O)[C@@H](O[C@H]4[C@H](O)[C@@H](O)[C@@H](O[C@H]5[C@H](O)[C@@H](O)[C@@H](O[C@H]6[C@H](O)[C@@H](O)[C@@H](O[C@H]7[C@H](O)[C@@H](O)[C@@H](O[C@H]8[C@H](O)[C@@H](O)[C@@H](O[C@H]1[C@H](O)[C@H]2O)O[C@@H]8CO)O[C@@H]7CO)O[C@@H]6CO)O[C@@H]5CO)O[C@@H]4CO)O[C@@H]3CO. The van der Waals surface area contributed by atoms with Gasteiger partial charge in [-0.3, -0.25) is 0 Å². The molecule has 21 aliphatic rings. The maximum Gasteiger partial charge on any atom is 0.187 e. The van der Waals surface area contributed by atoms with Crippen molar-refractivity contribution in [3.63, 3.8) is 0 Å². The summed E-state index contributed by atoms with van der Waals surface area (Å²) in [5.41, 5.74) is 0. The molecule has 20 N–H and O–H groups in total. The van der Waals surface area contributed by atoms with Crippen molar-refractivity contribution >= 4 is 0 Å². The van der Waals surface area contributed by atoms with Crippen molar-refractivity contribution in [2.24, 2.45) is 0 Å². The molecule has 0 amide bonds. The summed E-state index contributed by atoms with van der Waals surface area (Å²) in [7, 11) is 5.07. The quantitative estimate of drug-likeness (QED) is 0.100. The maximum absolute atomic E-state index is 11.7. The Labute approximate surface area is 454 Å². The Morgan fingerprint density at radius 3 is 0.487 bits per heavy atom. The van der Waals surface area contributed by atoms with Gasteiger partial charge in [-0.2, -0.15) is 0 Å². The lowest BCUT2D eigenvalue weighted by Crippen LogP contribution is -2.69. The van der Waals surface area contributed by atoms with Crippen molar-refractivity contribution < 1.29 is 173 Å². The molecule has 0 aromatic carbocycles. The largest absolute Gasteiger partial charge is 0.394 e. The summed E-state index contributed by atoms with van der Waals surface area (Å²) < 4.78 is 81.2. The molecule has 21 saturated heterocycles. The van der Waals surface area contributed by atoms with E-state index in [1.807, 2.05) is 0 Å². The van der Waals surface area contributed by atoms with E-state index in [0.29, 0.717) is 0 Å². The number of hydrogen-bond donors (Lipinski definition) is 20. The van der Waals surface area contributed by atoms with Gasteiger partial charge in [-0.1, -0.05) is 0 Å². The van der Waals surface area contributed by atoms with Crippen LogP contribution in [0.25, 0.3) is 0 Å². The van der Waals surface area contributed by atoms with Crippen LogP contribution in [-0.2, 0) is 66.3 Å². The molecule has 21 rings (SSSR count). The lowest BCUT2D eigenvalue weighted by molar-refractivity contribution is -0.874. The highest BCUT2D eigenvalue weighted by Gasteiger charge is 2.60. The van der Waals surface area contributed by atoms with Crippen LogP contribution in [-0.4, -0.2) is 389 Å². The Bertz CT molecular complexity index is 1920. The molecule has 35 nitrogen and oxygen atoms in total. The fraction of sp³-hybridized carbons (Fsp3) is 1.00. The molecule has 466 valence electrons. The molecule has 80 heavy (non-hydrogen) atoms. The van der Waals surface area contributed by atoms with Gasteiger partial charge in [0.2, 0.25) is 0 Å². The molecular weight excluding hydrogens is 1100 g/mol. The summed E-state index contributed by atoms with van der Waals surface area (Å²) in [5, 5.41) is 222. The zero-order valence-electron chi connectivity index (χ0n) is 43.3. The van der Waals surface area contributed by atoms with E-state index in [1.54, 1.807) is 21.1 Å². The van der Waals surface area contributed by atoms with Gasteiger partial charge in [0.25, 0.3) is 0 Å². The van der Waals surface area contributed by atoms with Crippen LogP contribution in [0, 0.1) is 0 Å². The number of ether oxygens (including phenoxy) is 14. The molecule has 0 aromatic heterocycles. The fourth-order valence-corrected chi connectivity index (χ4v) is 11.0. The van der Waals surface area contributed by atoms with E-state index in [-0.39, 0.29) is 11.0 Å². The van der Waals surface area contributed by atoms with Gasteiger partial charge >= 0.3 is 0 Å². The minimum atomic E-state index is -2.20. The summed E-state index contributed by atoms with van der Waals surface area (Å²) in [6.45, 7) is -6.24. The van der Waals surface area contributed by atoms with Gasteiger partial charge in [0.05, 0.1) is 60.8 Å². The van der Waals surface area contributed by atoms with E-state index in [2.05, 4.69) is 0 Å². The van der Waals surface area contributed by atoms with Crippen LogP contribution < -0.4 is 0 Å². The zero-order chi connectivity index (χ0) is 58.6. The molecule has 21 aliphatic heterocycles. The van der Waals surface area contributed by atoms with E-state index in [0.717, 1.165) is 0 Å². The summed E-state index contributed by atoms with van der Waals surface area (Å²) in [6, 6.07) is 0. The monoisotopic (exact) mass is 1180 g/mol. The molecule has 35 heteroatoms. The highest BCUT2D eigenvalue weighted by molar-refractivity contribution is 5.02. The van der Waals surface area contributed by atoms with E-state index in [1.165, 1.54) is 0 Å². The molecule has 35 atom stereocenters. The molecule has 14 bridgehead atoms. The Kier molecular flexibility index (Phi) is 21.6. The van der Waals surface area contributed by atoms with Gasteiger partial charge in [-0.05, 0) is 0 Å². The number of nitrogens with zero attached hydrogens (tertiary/aromatic N) is 1. The fourth-order valence-electron chi connectivity index (χ4n) is 11.0. The minimum absolute atomic E-state index is 0.0556. The smallest absolute Gasteiger partial charge is 0.187 e. The van der Waals surface area contributed by atoms with E-state index < -0.39 is 255 Å². The van der Waals surface area contributed by atoms with Crippen LogP contribution >= 0.6 is 0 Å². The third-order valence-corrected chi connectivity index (χ3v) is 15.3. The van der Waals surface area contributed by atoms with Crippen molar-refractivity contribution in [1.29, 1.82) is 0 Å². The second kappa shape index (κ2) is 26.7. The molecule has 0 spiro atoms. The minimum Gasteiger partial charge on any atom is -0.394 e. The van der Waals surface area contributed by atoms with Crippen LogP contribution in [0.15, 0.2) is 0 Å². The van der Waals surface area contributed by atoms with Gasteiger partial charge in [-0.15, -0.1) is 0 Å². The first-order chi connectivity index (χ1) is 37.8. The van der Waals surface area contributed by atoms with Crippen molar-refractivity contribution in [2.75, 3.05) is 67.3 Å². The normalized spacial score (nSPS) is 54.0. The molecule has 0 saturated carbocycles. The summed E-state index contributed by atoms with van der Waals surface area (Å²) in [5.74, 6) is 0. The lowest BCUT2D eigenvalue weighted by Gasteiger charge is -2.50. The van der Waals surface area contributed by atoms with Crippen molar-refractivity contribution in [3.05, 3.63) is 0 Å². The first-order valence-corrected chi connectivity index (χ1v) is 26.0. The first kappa shape index (κ1) is 64.6.